The Labute approximate surface area is 137 Å². The Hall–Kier alpha value is -1.50. The molecule has 0 heterocycles. The Morgan fingerprint density at radius 1 is 0.818 bits per heavy atom. The van der Waals surface area contributed by atoms with Gasteiger partial charge in [-0.05, 0) is 0 Å². The van der Waals surface area contributed by atoms with Gasteiger partial charge in [-0.15, -0.1) is 0 Å². The third-order valence-corrected chi connectivity index (χ3v) is 2.68. The molecule has 2 unspecified atom stereocenters. The highest BCUT2D eigenvalue weighted by atomic mass is 32.1. The van der Waals surface area contributed by atoms with Crippen LogP contribution in [0.25, 0.3) is 0 Å². The van der Waals surface area contributed by atoms with Gasteiger partial charge in [-0.2, -0.15) is 25.3 Å². The Kier molecular flexibility index (Phi) is 13.6. The Morgan fingerprint density at radius 2 is 1.09 bits per heavy atom. The van der Waals surface area contributed by atoms with Crippen LogP contribution in [0.2, 0.25) is 0 Å². The summed E-state index contributed by atoms with van der Waals surface area (Å²) in [5.74, 6) is -2.78. The van der Waals surface area contributed by atoms with E-state index in [0.717, 1.165) is 0 Å². The molecule has 0 bridgehead atoms. The number of carbonyl (C=O) groups excluding carboxylic acids is 2. The molecule has 10 nitrogen and oxygen atoms in total. The first-order valence-electron chi connectivity index (χ1n) is 5.87. The second-order valence-corrected chi connectivity index (χ2v) is 4.53. The zero-order valence-corrected chi connectivity index (χ0v) is 13.3. The van der Waals surface area contributed by atoms with Crippen LogP contribution in [0.1, 0.15) is 0 Å². The van der Waals surface area contributed by atoms with E-state index in [1.54, 1.807) is 0 Å². The number of carboxylic acid groups (broad SMARTS) is 2. The quantitative estimate of drug-likeness (QED) is 0.210. The molecule has 2 atom stereocenters. The third-order valence-electron chi connectivity index (χ3n) is 1.89. The molecule has 0 aromatic rings. The van der Waals surface area contributed by atoms with E-state index < -0.39 is 48.9 Å². The predicted octanol–water partition coefficient (Wildman–Crippen LogP) is -3.11. The van der Waals surface area contributed by atoms with E-state index in [9.17, 15) is 19.2 Å². The minimum Gasteiger partial charge on any atom is -0.480 e. The fraction of sp³-hybridized carbons (Fsp3) is 0.600. The van der Waals surface area contributed by atoms with Crippen LogP contribution in [-0.4, -0.2) is 70.6 Å². The summed E-state index contributed by atoms with van der Waals surface area (Å²) in [6.07, 6.45) is 0. The standard InChI is InChI=1S/2C5H10N2O3S/c2*6-3(2-11)5(10)7-1-4(8)9/h2*3,11H,1-2,6H2,(H,7,10)(H,8,9). The first-order valence-corrected chi connectivity index (χ1v) is 7.14. The van der Waals surface area contributed by atoms with Gasteiger partial charge < -0.3 is 32.3 Å². The molecule has 0 aromatic heterocycles. The van der Waals surface area contributed by atoms with Crippen molar-refractivity contribution in [2.24, 2.45) is 11.5 Å². The Bertz CT molecular complexity index is 360. The lowest BCUT2D eigenvalue weighted by molar-refractivity contribution is -0.138. The smallest absolute Gasteiger partial charge is 0.322 e. The summed E-state index contributed by atoms with van der Waals surface area (Å²) in [4.78, 5) is 41.3. The van der Waals surface area contributed by atoms with Gasteiger partial charge in [-0.3, -0.25) is 19.2 Å². The molecule has 0 aromatic carbocycles. The van der Waals surface area contributed by atoms with Gasteiger partial charge in [0.15, 0.2) is 0 Å². The zero-order chi connectivity index (χ0) is 17.7. The number of nitrogens with two attached hydrogens (primary N) is 2. The van der Waals surface area contributed by atoms with Crippen molar-refractivity contribution in [1.82, 2.24) is 10.6 Å². The van der Waals surface area contributed by atoms with Crippen LogP contribution in [0.15, 0.2) is 0 Å². The number of amides is 2. The SMILES string of the molecule is NC(CS)C(=O)NCC(=O)O.NC(CS)C(=O)NCC(=O)O. The number of carboxylic acids is 2. The van der Waals surface area contributed by atoms with Gasteiger partial charge in [0.05, 0.1) is 12.1 Å². The van der Waals surface area contributed by atoms with Crippen molar-refractivity contribution in [3.8, 4) is 0 Å². The van der Waals surface area contributed by atoms with E-state index in [-0.39, 0.29) is 11.5 Å². The van der Waals surface area contributed by atoms with Gasteiger partial charge in [0.1, 0.15) is 13.1 Å². The summed E-state index contributed by atoms with van der Waals surface area (Å²) < 4.78 is 0. The number of rotatable bonds is 8. The third kappa shape index (κ3) is 13.5. The summed E-state index contributed by atoms with van der Waals surface area (Å²) in [5.41, 5.74) is 10.4. The summed E-state index contributed by atoms with van der Waals surface area (Å²) in [7, 11) is 0. The van der Waals surface area contributed by atoms with Crippen LogP contribution in [0, 0.1) is 0 Å². The number of thiol groups is 2. The summed E-state index contributed by atoms with van der Waals surface area (Å²) in [6, 6.07) is -1.48. The maximum Gasteiger partial charge on any atom is 0.322 e. The number of hydrogen-bond donors (Lipinski definition) is 8. The fourth-order valence-corrected chi connectivity index (χ4v) is 1.09. The van der Waals surface area contributed by atoms with Crippen molar-refractivity contribution in [1.29, 1.82) is 0 Å². The molecule has 0 fully saturated rings. The number of carbonyl (C=O) groups is 4. The number of hydrogen-bond acceptors (Lipinski definition) is 8. The lowest BCUT2D eigenvalue weighted by Gasteiger charge is -2.06. The minimum absolute atomic E-state index is 0.200. The van der Waals surface area contributed by atoms with Gasteiger partial charge >= 0.3 is 11.9 Å². The van der Waals surface area contributed by atoms with Crippen molar-refractivity contribution < 1.29 is 29.4 Å². The van der Waals surface area contributed by atoms with Crippen LogP contribution >= 0.6 is 25.3 Å². The number of nitrogens with one attached hydrogen (secondary N) is 2. The van der Waals surface area contributed by atoms with Crippen LogP contribution < -0.4 is 22.1 Å². The van der Waals surface area contributed by atoms with E-state index in [1.807, 2.05) is 0 Å². The van der Waals surface area contributed by atoms with Gasteiger partial charge in [0.25, 0.3) is 0 Å². The van der Waals surface area contributed by atoms with Crippen LogP contribution in [-0.2, 0) is 19.2 Å². The molecule has 12 heteroatoms. The first kappa shape index (κ1) is 22.8. The lowest BCUT2D eigenvalue weighted by Crippen LogP contribution is -2.43. The van der Waals surface area contributed by atoms with Gasteiger partial charge in [-0.25, -0.2) is 0 Å². The molecule has 2 amide bonds. The summed E-state index contributed by atoms with van der Waals surface area (Å²) >= 11 is 7.53. The van der Waals surface area contributed by atoms with Crippen molar-refractivity contribution in [2.75, 3.05) is 24.6 Å². The van der Waals surface area contributed by atoms with Crippen molar-refractivity contribution in [3.63, 3.8) is 0 Å². The summed E-state index contributed by atoms with van der Waals surface area (Å²) in [6.45, 7) is -0.805. The van der Waals surface area contributed by atoms with Gasteiger partial charge in [0.2, 0.25) is 11.8 Å². The molecule has 0 saturated heterocycles. The van der Waals surface area contributed by atoms with E-state index in [2.05, 4.69) is 35.9 Å². The van der Waals surface area contributed by atoms with Crippen molar-refractivity contribution in [2.45, 2.75) is 12.1 Å². The average molecular weight is 356 g/mol. The molecule has 0 aliphatic heterocycles. The molecule has 0 spiro atoms. The topological polar surface area (TPSA) is 185 Å². The fourth-order valence-electron chi connectivity index (χ4n) is 0.753. The first-order chi connectivity index (χ1) is 10.1. The Balaban J connectivity index is 0. The van der Waals surface area contributed by atoms with Gasteiger partial charge in [-0.1, -0.05) is 0 Å². The zero-order valence-electron chi connectivity index (χ0n) is 11.6. The highest BCUT2D eigenvalue weighted by Crippen LogP contribution is 1.82. The molecule has 0 saturated carbocycles. The minimum atomic E-state index is -1.09. The number of aliphatic carboxylic acids is 2. The molecule has 22 heavy (non-hydrogen) atoms. The lowest BCUT2D eigenvalue weighted by atomic mass is 10.3. The predicted molar refractivity (Wildman–Crippen MR) is 84.9 cm³/mol. The van der Waals surface area contributed by atoms with Crippen molar-refractivity contribution >= 4 is 49.0 Å². The van der Waals surface area contributed by atoms with Crippen molar-refractivity contribution in [3.05, 3.63) is 0 Å². The highest BCUT2D eigenvalue weighted by molar-refractivity contribution is 7.80. The second kappa shape index (κ2) is 13.2. The van der Waals surface area contributed by atoms with E-state index in [1.165, 1.54) is 0 Å². The molecular weight excluding hydrogens is 336 g/mol. The maximum absolute atomic E-state index is 10.7. The van der Waals surface area contributed by atoms with Crippen LogP contribution in [0.3, 0.4) is 0 Å². The van der Waals surface area contributed by atoms with E-state index in [4.69, 9.17) is 21.7 Å². The molecular formula is C10H20N4O6S2. The average Bonchev–Trinajstić information content (AvgIpc) is 2.48. The maximum atomic E-state index is 10.7. The van der Waals surface area contributed by atoms with Crippen LogP contribution in [0.4, 0.5) is 0 Å². The molecule has 0 aliphatic rings. The van der Waals surface area contributed by atoms with E-state index in [0.29, 0.717) is 0 Å². The molecule has 0 aliphatic carbocycles. The normalized spacial score (nSPS) is 12.2. The van der Waals surface area contributed by atoms with E-state index >= 15 is 0 Å². The largest absolute Gasteiger partial charge is 0.480 e. The molecule has 8 N–H and O–H groups in total. The second-order valence-electron chi connectivity index (χ2n) is 3.80. The van der Waals surface area contributed by atoms with Crippen LogP contribution in [0.5, 0.6) is 0 Å². The molecule has 0 rings (SSSR count). The molecule has 128 valence electrons. The molecule has 0 radical (unpaired) electrons. The highest BCUT2D eigenvalue weighted by Gasteiger charge is 2.11. The summed E-state index contributed by atoms with van der Waals surface area (Å²) in [5, 5.41) is 20.5. The Morgan fingerprint density at radius 3 is 1.27 bits per heavy atom. The monoisotopic (exact) mass is 356 g/mol. The van der Waals surface area contributed by atoms with Gasteiger partial charge in [0, 0.05) is 11.5 Å².